The maximum absolute atomic E-state index is 13.1. The topological polar surface area (TPSA) is 62.6 Å². The molecular weight excluding hydrogens is 427 g/mol. The van der Waals surface area contributed by atoms with Gasteiger partial charge in [-0.1, -0.05) is 17.7 Å². The van der Waals surface area contributed by atoms with E-state index >= 15 is 0 Å². The third-order valence-electron chi connectivity index (χ3n) is 4.56. The van der Waals surface area contributed by atoms with Gasteiger partial charge in [0, 0.05) is 10.6 Å². The number of nitrogens with zero attached hydrogens (tertiary/aromatic N) is 1. The van der Waals surface area contributed by atoms with Crippen molar-refractivity contribution in [3.8, 4) is 11.3 Å². The number of benzene rings is 2. The minimum absolute atomic E-state index is 0.0338. The number of aryl methyl sites for hydroxylation is 1. The van der Waals surface area contributed by atoms with Gasteiger partial charge >= 0.3 is 0 Å². The molecule has 1 N–H and O–H groups in total. The summed E-state index contributed by atoms with van der Waals surface area (Å²) in [5.41, 5.74) is 1.82. The molecule has 0 aliphatic carbocycles. The van der Waals surface area contributed by atoms with E-state index in [2.05, 4.69) is 5.32 Å². The van der Waals surface area contributed by atoms with Gasteiger partial charge < -0.3 is 4.42 Å². The Labute approximate surface area is 181 Å². The Morgan fingerprint density at radius 2 is 1.83 bits per heavy atom. The molecule has 0 spiro atoms. The summed E-state index contributed by atoms with van der Waals surface area (Å²) in [4.78, 5) is 26.7. The van der Waals surface area contributed by atoms with Crippen molar-refractivity contribution in [3.05, 3.63) is 82.3 Å². The van der Waals surface area contributed by atoms with Crippen LogP contribution in [0.1, 0.15) is 11.3 Å². The molecule has 5 nitrogen and oxygen atoms in total. The second-order valence-electron chi connectivity index (χ2n) is 6.60. The molecule has 0 bridgehead atoms. The lowest BCUT2D eigenvalue weighted by atomic mass is 10.1. The number of hydrogen-bond donors (Lipinski definition) is 1. The zero-order valence-corrected chi connectivity index (χ0v) is 17.2. The van der Waals surface area contributed by atoms with Crippen molar-refractivity contribution in [2.24, 2.45) is 0 Å². The molecule has 1 aliphatic rings. The van der Waals surface area contributed by atoms with Crippen molar-refractivity contribution in [2.75, 3.05) is 4.90 Å². The summed E-state index contributed by atoms with van der Waals surface area (Å²) in [6.07, 6.45) is 1.34. The summed E-state index contributed by atoms with van der Waals surface area (Å²) in [5, 5.41) is 2.95. The molecule has 1 aliphatic heterocycles. The van der Waals surface area contributed by atoms with Crippen LogP contribution in [0.3, 0.4) is 0 Å². The number of carbonyl (C=O) groups is 2. The van der Waals surface area contributed by atoms with Gasteiger partial charge in [0.2, 0.25) is 0 Å². The minimum Gasteiger partial charge on any atom is -0.457 e. The molecule has 30 heavy (non-hydrogen) atoms. The number of nitrogens with one attached hydrogen (secondary N) is 1. The van der Waals surface area contributed by atoms with E-state index in [1.165, 1.54) is 23.1 Å². The molecule has 0 saturated carbocycles. The minimum atomic E-state index is -0.626. The lowest BCUT2D eigenvalue weighted by molar-refractivity contribution is -0.122. The van der Waals surface area contributed by atoms with Crippen LogP contribution in [0.15, 0.2) is 64.6 Å². The van der Waals surface area contributed by atoms with Crippen LogP contribution in [0.5, 0.6) is 0 Å². The van der Waals surface area contributed by atoms with Crippen LogP contribution >= 0.6 is 23.8 Å². The number of rotatable bonds is 3. The summed E-state index contributed by atoms with van der Waals surface area (Å²) >= 11 is 11.4. The highest BCUT2D eigenvalue weighted by Crippen LogP contribution is 2.28. The molecule has 0 atom stereocenters. The third-order valence-corrected chi connectivity index (χ3v) is 5.25. The van der Waals surface area contributed by atoms with Gasteiger partial charge in [0.25, 0.3) is 11.8 Å². The van der Waals surface area contributed by atoms with Gasteiger partial charge in [-0.25, -0.2) is 4.39 Å². The fraction of sp³-hybridized carbons (Fsp3) is 0.0455. The maximum atomic E-state index is 13.1. The molecule has 3 aromatic rings. The monoisotopic (exact) mass is 440 g/mol. The largest absolute Gasteiger partial charge is 0.457 e. The Morgan fingerprint density at radius 1 is 1.10 bits per heavy atom. The molecule has 150 valence electrons. The quantitative estimate of drug-likeness (QED) is 0.358. The molecule has 2 amide bonds. The van der Waals surface area contributed by atoms with E-state index < -0.39 is 11.8 Å². The number of thiocarbonyl (C=S) groups is 1. The van der Waals surface area contributed by atoms with Crippen molar-refractivity contribution in [3.63, 3.8) is 0 Å². The van der Waals surface area contributed by atoms with Crippen LogP contribution in [0.2, 0.25) is 5.02 Å². The number of halogens is 2. The number of furan rings is 1. The molecule has 1 saturated heterocycles. The fourth-order valence-electron chi connectivity index (χ4n) is 2.95. The highest BCUT2D eigenvalue weighted by Gasteiger charge is 2.35. The highest BCUT2D eigenvalue weighted by atomic mass is 35.5. The van der Waals surface area contributed by atoms with Crippen LogP contribution in [-0.4, -0.2) is 16.9 Å². The zero-order valence-electron chi connectivity index (χ0n) is 15.6. The van der Waals surface area contributed by atoms with Crippen LogP contribution in [-0.2, 0) is 9.59 Å². The highest BCUT2D eigenvalue weighted by molar-refractivity contribution is 7.80. The van der Waals surface area contributed by atoms with Gasteiger partial charge in [0.15, 0.2) is 5.11 Å². The molecule has 0 radical (unpaired) electrons. The van der Waals surface area contributed by atoms with Crippen LogP contribution in [0.25, 0.3) is 17.4 Å². The van der Waals surface area contributed by atoms with Gasteiger partial charge in [-0.3, -0.25) is 19.8 Å². The predicted molar refractivity (Wildman–Crippen MR) is 116 cm³/mol. The van der Waals surface area contributed by atoms with Crippen LogP contribution in [0.4, 0.5) is 10.1 Å². The van der Waals surface area contributed by atoms with Crippen molar-refractivity contribution in [2.45, 2.75) is 6.92 Å². The third kappa shape index (κ3) is 3.77. The smallest absolute Gasteiger partial charge is 0.270 e. The molecule has 0 unspecified atom stereocenters. The van der Waals surface area contributed by atoms with Gasteiger partial charge in [-0.15, -0.1) is 0 Å². The Morgan fingerprint density at radius 3 is 2.53 bits per heavy atom. The Hall–Kier alpha value is -3.29. The predicted octanol–water partition coefficient (Wildman–Crippen LogP) is 4.88. The standard InChI is InChI=1S/C22H14ClFN2O3S/c1-12-2-7-15(10-18(12)23)26-21(28)17(20(27)25-22(26)30)11-16-8-9-19(29-16)13-3-5-14(24)6-4-13/h2-11H,1H3,(H,25,27,30)/b17-11+. The first kappa shape index (κ1) is 20.0. The molecule has 1 aromatic heterocycles. The SMILES string of the molecule is Cc1ccc(N2C(=O)/C(=C/c3ccc(-c4ccc(F)cc4)o3)C(=O)NC2=S)cc1Cl. The number of amides is 2. The summed E-state index contributed by atoms with van der Waals surface area (Å²) in [5.74, 6) is -0.808. The van der Waals surface area contributed by atoms with E-state index in [0.29, 0.717) is 27.8 Å². The number of carbonyl (C=O) groups excluding carboxylic acids is 2. The molecule has 2 heterocycles. The van der Waals surface area contributed by atoms with E-state index in [0.717, 1.165) is 5.56 Å². The van der Waals surface area contributed by atoms with E-state index in [4.69, 9.17) is 28.2 Å². The Bertz CT molecular complexity index is 1220. The van der Waals surface area contributed by atoms with Crippen molar-refractivity contribution in [1.29, 1.82) is 0 Å². The van der Waals surface area contributed by atoms with E-state index in [1.807, 2.05) is 6.92 Å². The zero-order chi connectivity index (χ0) is 21.4. The fourth-order valence-corrected chi connectivity index (χ4v) is 3.41. The van der Waals surface area contributed by atoms with E-state index in [9.17, 15) is 14.0 Å². The molecular formula is C22H14ClFN2O3S. The average Bonchev–Trinajstić information content (AvgIpc) is 3.17. The average molecular weight is 441 g/mol. The Balaban J connectivity index is 1.67. The first-order valence-corrected chi connectivity index (χ1v) is 9.65. The molecule has 4 rings (SSSR count). The lowest BCUT2D eigenvalue weighted by Gasteiger charge is -2.29. The summed E-state index contributed by atoms with van der Waals surface area (Å²) < 4.78 is 18.8. The van der Waals surface area contributed by atoms with Crippen LogP contribution in [0, 0.1) is 12.7 Å². The molecule has 8 heteroatoms. The maximum Gasteiger partial charge on any atom is 0.270 e. The van der Waals surface area contributed by atoms with Gasteiger partial charge in [-0.2, -0.15) is 0 Å². The summed E-state index contributed by atoms with van der Waals surface area (Å²) in [7, 11) is 0. The second-order valence-corrected chi connectivity index (χ2v) is 7.39. The van der Waals surface area contributed by atoms with Gasteiger partial charge in [0.05, 0.1) is 5.69 Å². The first-order valence-electron chi connectivity index (χ1n) is 8.87. The number of hydrogen-bond acceptors (Lipinski definition) is 4. The van der Waals surface area contributed by atoms with Gasteiger partial charge in [0.1, 0.15) is 22.9 Å². The van der Waals surface area contributed by atoms with Crippen LogP contribution < -0.4 is 10.2 Å². The van der Waals surface area contributed by atoms with Gasteiger partial charge in [-0.05, 0) is 79.3 Å². The normalized spacial score (nSPS) is 15.6. The molecule has 2 aromatic carbocycles. The van der Waals surface area contributed by atoms with Crippen molar-refractivity contribution < 1.29 is 18.4 Å². The Kier molecular flexibility index (Phi) is 5.24. The molecule has 1 fully saturated rings. The van der Waals surface area contributed by atoms with Crippen molar-refractivity contribution >= 4 is 52.5 Å². The number of anilines is 1. The summed E-state index contributed by atoms with van der Waals surface area (Å²) in [6.45, 7) is 1.84. The second kappa shape index (κ2) is 7.85. The first-order chi connectivity index (χ1) is 14.3. The summed E-state index contributed by atoms with van der Waals surface area (Å²) in [6, 6.07) is 14.1. The van der Waals surface area contributed by atoms with E-state index in [-0.39, 0.29) is 16.5 Å². The van der Waals surface area contributed by atoms with Crippen molar-refractivity contribution in [1.82, 2.24) is 5.32 Å². The van der Waals surface area contributed by atoms with E-state index in [1.54, 1.807) is 42.5 Å². The lowest BCUT2D eigenvalue weighted by Crippen LogP contribution is -2.54.